The van der Waals surface area contributed by atoms with E-state index in [2.05, 4.69) is 15.3 Å². The number of fused-ring (bicyclic) bond motifs is 1. The van der Waals surface area contributed by atoms with Crippen molar-refractivity contribution in [2.75, 3.05) is 11.6 Å². The van der Waals surface area contributed by atoms with E-state index in [1.165, 1.54) is 11.8 Å². The third kappa shape index (κ3) is 3.90. The van der Waals surface area contributed by atoms with Crippen LogP contribution in [-0.4, -0.2) is 38.6 Å². The molecule has 0 unspecified atom stereocenters. The van der Waals surface area contributed by atoms with Crippen LogP contribution in [0.3, 0.4) is 0 Å². The first-order chi connectivity index (χ1) is 16.9. The zero-order chi connectivity index (χ0) is 24.6. The number of nitrogens with zero attached hydrogens (tertiary/aromatic N) is 2. The van der Waals surface area contributed by atoms with Crippen molar-refractivity contribution in [3.05, 3.63) is 71.0 Å². The predicted molar refractivity (Wildman–Crippen MR) is 139 cm³/mol. The van der Waals surface area contributed by atoms with E-state index in [4.69, 9.17) is 5.73 Å². The number of carboxylic acids is 1. The van der Waals surface area contributed by atoms with E-state index in [1.807, 2.05) is 42.7 Å². The van der Waals surface area contributed by atoms with E-state index >= 15 is 0 Å². The summed E-state index contributed by atoms with van der Waals surface area (Å²) in [5.74, 6) is -0.317. The van der Waals surface area contributed by atoms with Gasteiger partial charge >= 0.3 is 5.97 Å². The number of allylic oxidation sites excluding steroid dienone is 1. The Balaban J connectivity index is 1.42. The molecule has 1 aromatic carbocycles. The Hall–Kier alpha value is -3.23. The number of carbonyl (C=O) groups excluding carboxylic acids is 1. The van der Waals surface area contributed by atoms with E-state index < -0.39 is 16.9 Å². The molecule has 8 heteroatoms. The Kier molecular flexibility index (Phi) is 6.11. The lowest BCUT2D eigenvalue weighted by molar-refractivity contribution is -0.143. The molecule has 4 N–H and O–H groups in total. The van der Waals surface area contributed by atoms with Gasteiger partial charge in [-0.1, -0.05) is 31.4 Å². The van der Waals surface area contributed by atoms with Crippen LogP contribution in [0.4, 0.5) is 11.5 Å². The lowest BCUT2D eigenvalue weighted by atomic mass is 9.54. The van der Waals surface area contributed by atoms with Gasteiger partial charge in [-0.3, -0.25) is 9.78 Å². The second kappa shape index (κ2) is 9.09. The number of ketones is 1. The van der Waals surface area contributed by atoms with Crippen LogP contribution < -0.4 is 11.1 Å². The highest BCUT2D eigenvalue weighted by Crippen LogP contribution is 2.58. The van der Waals surface area contributed by atoms with Gasteiger partial charge in [-0.2, -0.15) is 0 Å². The summed E-state index contributed by atoms with van der Waals surface area (Å²) in [6.45, 7) is 0. The number of nitrogens with one attached hydrogen (secondary N) is 1. The highest BCUT2D eigenvalue weighted by Gasteiger charge is 2.61. The molecule has 2 aliphatic carbocycles. The Morgan fingerprint density at radius 2 is 1.86 bits per heavy atom. The first-order valence-corrected chi connectivity index (χ1v) is 13.0. The molecule has 1 spiro atoms. The largest absolute Gasteiger partial charge is 0.480 e. The molecule has 7 nitrogen and oxygen atoms in total. The SMILES string of the molecule is CSC1=C([C@@](N)(Cc2ccc(Nc3nccc4ccncc34)cc2)C(=O)O)C2(CCCCC2)C1=O. The summed E-state index contributed by atoms with van der Waals surface area (Å²) in [6, 6.07) is 11.4. The zero-order valence-corrected chi connectivity index (χ0v) is 20.4. The number of benzene rings is 1. The van der Waals surface area contributed by atoms with Gasteiger partial charge in [-0.15, -0.1) is 11.8 Å². The summed E-state index contributed by atoms with van der Waals surface area (Å²) < 4.78 is 0. The molecule has 1 saturated carbocycles. The Bertz CT molecular complexity index is 1330. The number of carboxylic acid groups (broad SMARTS) is 1. The van der Waals surface area contributed by atoms with Gasteiger partial charge in [0, 0.05) is 36.1 Å². The van der Waals surface area contributed by atoms with Gasteiger partial charge in [0.05, 0.1) is 10.3 Å². The molecule has 2 heterocycles. The minimum atomic E-state index is -1.62. The van der Waals surface area contributed by atoms with Crippen molar-refractivity contribution in [3.63, 3.8) is 0 Å². The molecule has 2 aliphatic rings. The molecule has 2 aromatic heterocycles. The highest BCUT2D eigenvalue weighted by molar-refractivity contribution is 8.03. The van der Waals surface area contributed by atoms with E-state index in [0.717, 1.165) is 41.3 Å². The maximum Gasteiger partial charge on any atom is 0.328 e. The van der Waals surface area contributed by atoms with Crippen molar-refractivity contribution in [2.45, 2.75) is 44.1 Å². The van der Waals surface area contributed by atoms with Crippen LogP contribution in [0.2, 0.25) is 0 Å². The average molecular weight is 489 g/mol. The Morgan fingerprint density at radius 1 is 1.14 bits per heavy atom. The van der Waals surface area contributed by atoms with Crippen molar-refractivity contribution in [1.82, 2.24) is 9.97 Å². The van der Waals surface area contributed by atoms with Crippen molar-refractivity contribution in [3.8, 4) is 0 Å². The number of carbonyl (C=O) groups is 2. The maximum absolute atomic E-state index is 13.1. The third-order valence-corrected chi connectivity index (χ3v) is 8.15. The molecule has 0 bridgehead atoms. The summed E-state index contributed by atoms with van der Waals surface area (Å²) in [4.78, 5) is 34.8. The number of thioether (sulfide) groups is 1. The van der Waals surface area contributed by atoms with Gasteiger partial charge < -0.3 is 16.2 Å². The monoisotopic (exact) mass is 488 g/mol. The molecule has 3 aromatic rings. The molecule has 1 fully saturated rings. The number of aliphatic carboxylic acids is 1. The first kappa shape index (κ1) is 23.5. The summed E-state index contributed by atoms with van der Waals surface area (Å²) in [6.07, 6.45) is 11.5. The fraction of sp³-hybridized carbons (Fsp3) is 0.333. The van der Waals surface area contributed by atoms with Crippen LogP contribution >= 0.6 is 11.8 Å². The molecule has 0 radical (unpaired) electrons. The molecular weight excluding hydrogens is 460 g/mol. The van der Waals surface area contributed by atoms with E-state index in [1.54, 1.807) is 18.6 Å². The number of Topliss-reactive ketones (excluding diaryl/α,β-unsaturated/α-hetero) is 1. The summed E-state index contributed by atoms with van der Waals surface area (Å²) in [5.41, 5.74) is 6.60. The van der Waals surface area contributed by atoms with Crippen LogP contribution in [0.25, 0.3) is 10.8 Å². The number of rotatable bonds is 7. The molecule has 0 saturated heterocycles. The zero-order valence-electron chi connectivity index (χ0n) is 19.6. The normalized spacial score (nSPS) is 18.9. The second-order valence-electron chi connectivity index (χ2n) is 9.41. The second-order valence-corrected chi connectivity index (χ2v) is 10.2. The first-order valence-electron chi connectivity index (χ1n) is 11.8. The van der Waals surface area contributed by atoms with E-state index in [9.17, 15) is 14.7 Å². The van der Waals surface area contributed by atoms with Gasteiger partial charge in [0.15, 0.2) is 5.78 Å². The van der Waals surface area contributed by atoms with Crippen LogP contribution in [0.15, 0.2) is 65.5 Å². The summed E-state index contributed by atoms with van der Waals surface area (Å²) in [7, 11) is 0. The minimum absolute atomic E-state index is 0.0763. The number of aromatic nitrogens is 2. The molecule has 35 heavy (non-hydrogen) atoms. The highest BCUT2D eigenvalue weighted by atomic mass is 32.2. The third-order valence-electron chi connectivity index (χ3n) is 7.35. The standard InChI is InChI=1S/C27H28N4O3S/c1-35-21-22(26(23(21)32)11-3-2-4-12-26)27(28,25(33)34)15-17-5-7-19(8-6-17)31-24-20-16-29-13-9-18(20)10-14-30-24/h5-10,13-14,16H,2-4,11-12,15,28H2,1H3,(H,30,31)(H,33,34)/t27-/m0/s1. The average Bonchev–Trinajstić information content (AvgIpc) is 2.88. The molecule has 180 valence electrons. The molecule has 0 aliphatic heterocycles. The fourth-order valence-corrected chi connectivity index (χ4v) is 6.56. The van der Waals surface area contributed by atoms with Crippen LogP contribution in [0.5, 0.6) is 0 Å². The molecule has 5 rings (SSSR count). The van der Waals surface area contributed by atoms with Gasteiger partial charge in [-0.25, -0.2) is 9.78 Å². The lowest BCUT2D eigenvalue weighted by Crippen LogP contribution is -2.62. The predicted octanol–water partition coefficient (Wildman–Crippen LogP) is 4.85. The van der Waals surface area contributed by atoms with Crippen LogP contribution in [0, 0.1) is 5.41 Å². The smallest absolute Gasteiger partial charge is 0.328 e. The lowest BCUT2D eigenvalue weighted by Gasteiger charge is -2.51. The van der Waals surface area contributed by atoms with Crippen molar-refractivity contribution >= 4 is 45.8 Å². The quantitative estimate of drug-likeness (QED) is 0.432. The van der Waals surface area contributed by atoms with Gasteiger partial charge in [-0.05, 0) is 59.9 Å². The van der Waals surface area contributed by atoms with Gasteiger partial charge in [0.2, 0.25) is 0 Å². The van der Waals surface area contributed by atoms with E-state index in [0.29, 0.717) is 29.1 Å². The van der Waals surface area contributed by atoms with E-state index in [-0.39, 0.29) is 12.2 Å². The van der Waals surface area contributed by atoms with Crippen LogP contribution in [-0.2, 0) is 16.0 Å². The molecular formula is C27H28N4O3S. The van der Waals surface area contributed by atoms with Gasteiger partial charge in [0.1, 0.15) is 11.4 Å². The Labute approximate surface area is 208 Å². The van der Waals surface area contributed by atoms with Crippen LogP contribution in [0.1, 0.15) is 37.7 Å². The fourth-order valence-electron chi connectivity index (χ4n) is 5.60. The van der Waals surface area contributed by atoms with Crippen molar-refractivity contribution < 1.29 is 14.7 Å². The summed E-state index contributed by atoms with van der Waals surface area (Å²) in [5, 5.41) is 15.6. The maximum atomic E-state index is 13.1. The van der Waals surface area contributed by atoms with Gasteiger partial charge in [0.25, 0.3) is 0 Å². The minimum Gasteiger partial charge on any atom is -0.480 e. The molecule has 1 atom stereocenters. The van der Waals surface area contributed by atoms with Crippen molar-refractivity contribution in [2.24, 2.45) is 11.1 Å². The number of pyridine rings is 2. The van der Waals surface area contributed by atoms with Crippen molar-refractivity contribution in [1.29, 1.82) is 0 Å². The molecule has 0 amide bonds. The summed E-state index contributed by atoms with van der Waals surface area (Å²) >= 11 is 1.32. The number of hydrogen-bond donors (Lipinski definition) is 3. The number of hydrogen-bond acceptors (Lipinski definition) is 7. The number of anilines is 2. The Morgan fingerprint density at radius 3 is 2.54 bits per heavy atom. The number of nitrogens with two attached hydrogens (primary N) is 1. The topological polar surface area (TPSA) is 118 Å².